The zero-order valence-corrected chi connectivity index (χ0v) is 7.97. The van der Waals surface area contributed by atoms with Gasteiger partial charge in [0, 0.05) is 11.3 Å². The van der Waals surface area contributed by atoms with Gasteiger partial charge < -0.3 is 5.11 Å². The Kier molecular flexibility index (Phi) is 3.04. The molecule has 1 N–H and O–H groups in total. The van der Waals surface area contributed by atoms with E-state index in [1.54, 1.807) is 6.07 Å². The Hall–Kier alpha value is -1.34. The molecule has 13 heavy (non-hydrogen) atoms. The fourth-order valence-electron chi connectivity index (χ4n) is 0.987. The topological polar surface area (TPSA) is 61.1 Å². The van der Waals surface area contributed by atoms with Gasteiger partial charge in [-0.2, -0.15) is 5.26 Å². The summed E-state index contributed by atoms with van der Waals surface area (Å²) in [6.45, 7) is 1.92. The number of thiophene rings is 1. The standard InChI is InChI=1S/C9H9NO2S/c1-6-2-3-13-8(6)4-7(5-10)9(11)12/h2-3,7H,4H2,1H3,(H,11,12). The van der Waals surface area contributed by atoms with Crippen LogP contribution in [-0.4, -0.2) is 11.1 Å². The SMILES string of the molecule is Cc1ccsc1CC(C#N)C(=O)O. The maximum absolute atomic E-state index is 10.6. The molecule has 3 nitrogen and oxygen atoms in total. The number of aryl methyl sites for hydroxylation is 1. The molecule has 0 amide bonds. The first-order valence-corrected chi connectivity index (χ1v) is 4.68. The van der Waals surface area contributed by atoms with Gasteiger partial charge in [-0.3, -0.25) is 4.79 Å². The second kappa shape index (κ2) is 4.06. The highest BCUT2D eigenvalue weighted by atomic mass is 32.1. The van der Waals surface area contributed by atoms with E-state index < -0.39 is 11.9 Å². The number of aliphatic carboxylic acids is 1. The second-order valence-corrected chi connectivity index (χ2v) is 3.75. The molecule has 0 radical (unpaired) electrons. The Morgan fingerprint density at radius 1 is 1.85 bits per heavy atom. The monoisotopic (exact) mass is 195 g/mol. The number of carboxylic acid groups (broad SMARTS) is 1. The molecule has 4 heteroatoms. The smallest absolute Gasteiger partial charge is 0.321 e. The third-order valence-electron chi connectivity index (χ3n) is 1.81. The lowest BCUT2D eigenvalue weighted by Gasteiger charge is -2.01. The second-order valence-electron chi connectivity index (χ2n) is 2.75. The van der Waals surface area contributed by atoms with Gasteiger partial charge in [0.05, 0.1) is 6.07 Å². The van der Waals surface area contributed by atoms with Gasteiger partial charge in [0.25, 0.3) is 0 Å². The molecule has 0 bridgehead atoms. The maximum Gasteiger partial charge on any atom is 0.321 e. The molecule has 0 spiro atoms. The van der Waals surface area contributed by atoms with Crippen LogP contribution >= 0.6 is 11.3 Å². The highest BCUT2D eigenvalue weighted by molar-refractivity contribution is 7.10. The summed E-state index contributed by atoms with van der Waals surface area (Å²) in [6.07, 6.45) is 0.315. The predicted molar refractivity (Wildman–Crippen MR) is 49.5 cm³/mol. The minimum absolute atomic E-state index is 0.315. The van der Waals surface area contributed by atoms with E-state index in [0.29, 0.717) is 6.42 Å². The lowest BCUT2D eigenvalue weighted by Crippen LogP contribution is -2.13. The highest BCUT2D eigenvalue weighted by Crippen LogP contribution is 2.19. The molecule has 1 atom stereocenters. The van der Waals surface area contributed by atoms with E-state index in [-0.39, 0.29) is 0 Å². The fourth-order valence-corrected chi connectivity index (χ4v) is 1.94. The van der Waals surface area contributed by atoms with Gasteiger partial charge in [0.2, 0.25) is 0 Å². The van der Waals surface area contributed by atoms with Gasteiger partial charge in [-0.25, -0.2) is 0 Å². The van der Waals surface area contributed by atoms with E-state index >= 15 is 0 Å². The van der Waals surface area contributed by atoms with Crippen molar-refractivity contribution in [2.45, 2.75) is 13.3 Å². The Balaban J connectivity index is 2.74. The first-order valence-electron chi connectivity index (χ1n) is 3.80. The molecule has 0 aromatic carbocycles. The van der Waals surface area contributed by atoms with Crippen molar-refractivity contribution in [1.82, 2.24) is 0 Å². The molecule has 1 unspecified atom stereocenters. The van der Waals surface area contributed by atoms with E-state index in [1.807, 2.05) is 18.4 Å². The van der Waals surface area contributed by atoms with Crippen molar-refractivity contribution in [3.8, 4) is 6.07 Å². The van der Waals surface area contributed by atoms with Crippen molar-refractivity contribution in [3.63, 3.8) is 0 Å². The van der Waals surface area contributed by atoms with Crippen LogP contribution in [0.1, 0.15) is 10.4 Å². The van der Waals surface area contributed by atoms with Crippen LogP contribution in [0.5, 0.6) is 0 Å². The fraction of sp³-hybridized carbons (Fsp3) is 0.333. The Bertz CT molecular complexity index is 351. The molecule has 0 aliphatic heterocycles. The summed E-state index contributed by atoms with van der Waals surface area (Å²) in [4.78, 5) is 11.5. The summed E-state index contributed by atoms with van der Waals surface area (Å²) >= 11 is 1.50. The van der Waals surface area contributed by atoms with Crippen LogP contribution in [0.2, 0.25) is 0 Å². The van der Waals surface area contributed by atoms with Gasteiger partial charge >= 0.3 is 5.97 Å². The number of rotatable bonds is 3. The first-order chi connectivity index (χ1) is 6.15. The normalized spacial score (nSPS) is 12.0. The van der Waals surface area contributed by atoms with Gasteiger partial charge in [0.1, 0.15) is 5.92 Å². The molecule has 68 valence electrons. The minimum atomic E-state index is -1.05. The molecule has 0 saturated carbocycles. The van der Waals surface area contributed by atoms with Crippen molar-refractivity contribution in [2.24, 2.45) is 5.92 Å². The zero-order valence-electron chi connectivity index (χ0n) is 7.15. The van der Waals surface area contributed by atoms with Crippen LogP contribution in [0.15, 0.2) is 11.4 Å². The molecular weight excluding hydrogens is 186 g/mol. The van der Waals surface area contributed by atoms with E-state index in [9.17, 15) is 4.79 Å². The summed E-state index contributed by atoms with van der Waals surface area (Å²) in [7, 11) is 0. The number of hydrogen-bond donors (Lipinski definition) is 1. The molecular formula is C9H9NO2S. The minimum Gasteiger partial charge on any atom is -0.480 e. The van der Waals surface area contributed by atoms with Crippen LogP contribution in [0, 0.1) is 24.2 Å². The summed E-state index contributed by atoms with van der Waals surface area (Å²) in [5.41, 5.74) is 1.06. The van der Waals surface area contributed by atoms with Crippen LogP contribution < -0.4 is 0 Å². The summed E-state index contributed by atoms with van der Waals surface area (Å²) in [5.74, 6) is -1.97. The number of hydrogen-bond acceptors (Lipinski definition) is 3. The summed E-state index contributed by atoms with van der Waals surface area (Å²) < 4.78 is 0. The first kappa shape index (κ1) is 9.75. The third-order valence-corrected chi connectivity index (χ3v) is 2.86. The van der Waals surface area contributed by atoms with Gasteiger partial charge in [0.15, 0.2) is 0 Å². The van der Waals surface area contributed by atoms with E-state index in [1.165, 1.54) is 11.3 Å². The lowest BCUT2D eigenvalue weighted by molar-refractivity contribution is -0.139. The number of carboxylic acids is 1. The number of carbonyl (C=O) groups is 1. The quantitative estimate of drug-likeness (QED) is 0.800. The van der Waals surface area contributed by atoms with Crippen LogP contribution in [0.4, 0.5) is 0 Å². The molecule has 1 heterocycles. The highest BCUT2D eigenvalue weighted by Gasteiger charge is 2.18. The van der Waals surface area contributed by atoms with Crippen LogP contribution in [-0.2, 0) is 11.2 Å². The average molecular weight is 195 g/mol. The Morgan fingerprint density at radius 2 is 2.54 bits per heavy atom. The number of nitriles is 1. The van der Waals surface area contributed by atoms with Crippen molar-refractivity contribution >= 4 is 17.3 Å². The largest absolute Gasteiger partial charge is 0.480 e. The predicted octanol–water partition coefficient (Wildman–Crippen LogP) is 1.82. The summed E-state index contributed by atoms with van der Waals surface area (Å²) in [6, 6.07) is 3.70. The van der Waals surface area contributed by atoms with Crippen molar-refractivity contribution < 1.29 is 9.90 Å². The Morgan fingerprint density at radius 3 is 2.92 bits per heavy atom. The van der Waals surface area contributed by atoms with Crippen molar-refractivity contribution in [1.29, 1.82) is 5.26 Å². The molecule has 0 saturated heterocycles. The maximum atomic E-state index is 10.6. The van der Waals surface area contributed by atoms with Crippen molar-refractivity contribution in [3.05, 3.63) is 21.9 Å². The average Bonchev–Trinajstić information content (AvgIpc) is 2.46. The summed E-state index contributed by atoms with van der Waals surface area (Å²) in [5, 5.41) is 19.1. The van der Waals surface area contributed by atoms with Crippen LogP contribution in [0.25, 0.3) is 0 Å². The molecule has 1 aromatic rings. The third kappa shape index (κ3) is 2.30. The van der Waals surface area contributed by atoms with E-state index in [4.69, 9.17) is 10.4 Å². The zero-order chi connectivity index (χ0) is 9.84. The van der Waals surface area contributed by atoms with Gasteiger partial charge in [-0.1, -0.05) is 0 Å². The Labute approximate surface area is 80.2 Å². The van der Waals surface area contributed by atoms with Gasteiger partial charge in [-0.05, 0) is 23.9 Å². The van der Waals surface area contributed by atoms with E-state index in [2.05, 4.69) is 0 Å². The van der Waals surface area contributed by atoms with E-state index in [0.717, 1.165) is 10.4 Å². The lowest BCUT2D eigenvalue weighted by atomic mass is 10.1. The molecule has 0 aliphatic rings. The van der Waals surface area contributed by atoms with Gasteiger partial charge in [-0.15, -0.1) is 11.3 Å². The molecule has 0 fully saturated rings. The van der Waals surface area contributed by atoms with Crippen molar-refractivity contribution in [2.75, 3.05) is 0 Å². The number of nitrogens with zero attached hydrogens (tertiary/aromatic N) is 1. The molecule has 1 rings (SSSR count). The molecule has 0 aliphatic carbocycles. The van der Waals surface area contributed by atoms with Crippen LogP contribution in [0.3, 0.4) is 0 Å². The molecule has 1 aromatic heterocycles.